The summed E-state index contributed by atoms with van der Waals surface area (Å²) in [6, 6.07) is 1.45. The Bertz CT molecular complexity index is 313. The van der Waals surface area contributed by atoms with Crippen LogP contribution in [0.15, 0.2) is 0 Å². The van der Waals surface area contributed by atoms with Gasteiger partial charge in [-0.2, -0.15) is 0 Å². The first-order valence-corrected chi connectivity index (χ1v) is 13.2. The molecule has 2 heteroatoms. The van der Waals surface area contributed by atoms with Crippen LogP contribution in [-0.4, -0.2) is 15.6 Å². The lowest BCUT2D eigenvalue weighted by Gasteiger charge is -2.43. The SMILES string of the molecule is CC1CCCCCCCCCCCCCCC1(C)[SiH]1CCCCO1. The van der Waals surface area contributed by atoms with E-state index in [1.54, 1.807) is 0 Å². The molecular weight excluding hydrogens is 308 g/mol. The van der Waals surface area contributed by atoms with Gasteiger partial charge in [-0.25, -0.2) is 0 Å². The standard InChI is InChI=1S/C22H44OSi/c1-21-17-13-11-9-7-5-3-4-6-8-10-12-14-18-22(21,2)24-20-16-15-19-23-24/h21,24H,3-20H2,1-2H3. The monoisotopic (exact) mass is 352 g/mol. The molecule has 1 saturated heterocycles. The van der Waals surface area contributed by atoms with Gasteiger partial charge in [0.05, 0.1) is 0 Å². The van der Waals surface area contributed by atoms with Crippen LogP contribution in [0, 0.1) is 5.92 Å². The highest BCUT2D eigenvalue weighted by Gasteiger charge is 2.41. The summed E-state index contributed by atoms with van der Waals surface area (Å²) in [5, 5.41) is 0.553. The summed E-state index contributed by atoms with van der Waals surface area (Å²) in [5.74, 6) is 0.875. The molecule has 0 N–H and O–H groups in total. The van der Waals surface area contributed by atoms with Gasteiger partial charge in [0.15, 0.2) is 9.04 Å². The van der Waals surface area contributed by atoms with Gasteiger partial charge >= 0.3 is 0 Å². The highest BCUT2D eigenvalue weighted by Crippen LogP contribution is 2.48. The fourth-order valence-electron chi connectivity index (χ4n) is 5.04. The third-order valence-corrected chi connectivity index (χ3v) is 11.0. The number of rotatable bonds is 1. The lowest BCUT2D eigenvalue weighted by atomic mass is 9.85. The van der Waals surface area contributed by atoms with Crippen molar-refractivity contribution in [1.82, 2.24) is 0 Å². The van der Waals surface area contributed by atoms with Crippen molar-refractivity contribution in [2.24, 2.45) is 5.92 Å². The second-order valence-electron chi connectivity index (χ2n) is 9.04. The molecule has 24 heavy (non-hydrogen) atoms. The van der Waals surface area contributed by atoms with Gasteiger partial charge in [0, 0.05) is 6.61 Å². The van der Waals surface area contributed by atoms with Crippen molar-refractivity contribution in [3.05, 3.63) is 0 Å². The number of hydrogen-bond acceptors (Lipinski definition) is 1. The highest BCUT2D eigenvalue weighted by molar-refractivity contribution is 6.55. The Morgan fingerprint density at radius 3 is 1.79 bits per heavy atom. The summed E-state index contributed by atoms with van der Waals surface area (Å²) in [4.78, 5) is 0. The fraction of sp³-hybridized carbons (Fsp3) is 1.00. The molecule has 0 aromatic heterocycles. The average molecular weight is 353 g/mol. The van der Waals surface area contributed by atoms with E-state index in [2.05, 4.69) is 13.8 Å². The van der Waals surface area contributed by atoms with Crippen LogP contribution in [0.2, 0.25) is 11.1 Å². The fourth-order valence-corrected chi connectivity index (χ4v) is 8.68. The van der Waals surface area contributed by atoms with Crippen LogP contribution in [0.3, 0.4) is 0 Å². The quantitative estimate of drug-likeness (QED) is 0.447. The molecule has 0 radical (unpaired) electrons. The third kappa shape index (κ3) is 6.82. The molecule has 0 amide bonds. The Morgan fingerprint density at radius 2 is 1.25 bits per heavy atom. The molecule has 1 aliphatic heterocycles. The molecule has 3 unspecified atom stereocenters. The zero-order chi connectivity index (χ0) is 17.1. The second-order valence-corrected chi connectivity index (χ2v) is 12.3. The molecule has 0 bridgehead atoms. The van der Waals surface area contributed by atoms with Gasteiger partial charge in [-0.15, -0.1) is 0 Å². The van der Waals surface area contributed by atoms with E-state index >= 15 is 0 Å². The Morgan fingerprint density at radius 1 is 0.708 bits per heavy atom. The summed E-state index contributed by atoms with van der Waals surface area (Å²) in [5.41, 5.74) is 0. The minimum Gasteiger partial charge on any atom is -0.419 e. The molecule has 1 aliphatic carbocycles. The van der Waals surface area contributed by atoms with Gasteiger partial charge in [-0.3, -0.25) is 0 Å². The molecular formula is C22H44OSi. The van der Waals surface area contributed by atoms with Gasteiger partial charge in [0.2, 0.25) is 0 Å². The predicted octanol–water partition coefficient (Wildman–Crippen LogP) is 7.39. The second kappa shape index (κ2) is 11.7. The van der Waals surface area contributed by atoms with Crippen molar-refractivity contribution in [3.8, 4) is 0 Å². The molecule has 1 heterocycles. The molecule has 0 spiro atoms. The lowest BCUT2D eigenvalue weighted by molar-refractivity contribution is 0.228. The van der Waals surface area contributed by atoms with E-state index in [1.165, 1.54) is 109 Å². The van der Waals surface area contributed by atoms with Gasteiger partial charge in [-0.05, 0) is 29.8 Å². The maximum absolute atomic E-state index is 6.44. The van der Waals surface area contributed by atoms with Crippen LogP contribution < -0.4 is 0 Å². The molecule has 2 aliphatic rings. The zero-order valence-corrected chi connectivity index (χ0v) is 17.9. The van der Waals surface area contributed by atoms with Crippen molar-refractivity contribution in [1.29, 1.82) is 0 Å². The molecule has 2 rings (SSSR count). The van der Waals surface area contributed by atoms with Crippen LogP contribution in [0.4, 0.5) is 0 Å². The first-order chi connectivity index (χ1) is 11.7. The summed E-state index contributed by atoms with van der Waals surface area (Å²) in [6.07, 6.45) is 23.3. The Hall–Kier alpha value is 0.177. The van der Waals surface area contributed by atoms with Gasteiger partial charge in [0.1, 0.15) is 0 Å². The van der Waals surface area contributed by atoms with E-state index < -0.39 is 9.04 Å². The van der Waals surface area contributed by atoms with Crippen molar-refractivity contribution >= 4 is 9.04 Å². The summed E-state index contributed by atoms with van der Waals surface area (Å²) in [7, 11) is -1.03. The van der Waals surface area contributed by atoms with Crippen molar-refractivity contribution in [3.63, 3.8) is 0 Å². The molecule has 142 valence electrons. The van der Waals surface area contributed by atoms with E-state index in [0.29, 0.717) is 5.04 Å². The van der Waals surface area contributed by atoms with E-state index in [9.17, 15) is 0 Å². The van der Waals surface area contributed by atoms with Crippen molar-refractivity contribution < 1.29 is 4.43 Å². The summed E-state index contributed by atoms with van der Waals surface area (Å²) >= 11 is 0. The molecule has 1 nitrogen and oxygen atoms in total. The third-order valence-electron chi connectivity index (χ3n) is 7.14. The van der Waals surface area contributed by atoms with Gasteiger partial charge in [0.25, 0.3) is 0 Å². The molecule has 0 aromatic rings. The average Bonchev–Trinajstić information content (AvgIpc) is 2.61. The van der Waals surface area contributed by atoms with E-state index in [4.69, 9.17) is 4.43 Å². The molecule has 2 fully saturated rings. The van der Waals surface area contributed by atoms with E-state index in [0.717, 1.165) is 12.5 Å². The smallest absolute Gasteiger partial charge is 0.183 e. The topological polar surface area (TPSA) is 9.23 Å². The summed E-state index contributed by atoms with van der Waals surface area (Å²) < 4.78 is 6.44. The minimum atomic E-state index is -1.03. The number of hydrogen-bond donors (Lipinski definition) is 0. The largest absolute Gasteiger partial charge is 0.419 e. The van der Waals surface area contributed by atoms with Gasteiger partial charge < -0.3 is 4.43 Å². The lowest BCUT2D eigenvalue weighted by Crippen LogP contribution is -2.40. The van der Waals surface area contributed by atoms with Crippen LogP contribution >= 0.6 is 0 Å². The van der Waals surface area contributed by atoms with Crippen molar-refractivity contribution in [2.45, 2.75) is 128 Å². The highest BCUT2D eigenvalue weighted by atomic mass is 28.3. The Balaban J connectivity index is 1.90. The van der Waals surface area contributed by atoms with Crippen LogP contribution in [0.5, 0.6) is 0 Å². The minimum absolute atomic E-state index is 0.553. The molecule has 0 aromatic carbocycles. The van der Waals surface area contributed by atoms with Crippen LogP contribution in [0.25, 0.3) is 0 Å². The maximum Gasteiger partial charge on any atom is 0.183 e. The van der Waals surface area contributed by atoms with Gasteiger partial charge in [-0.1, -0.05) is 104 Å². The van der Waals surface area contributed by atoms with Crippen LogP contribution in [0.1, 0.15) is 117 Å². The maximum atomic E-state index is 6.44. The summed E-state index contributed by atoms with van der Waals surface area (Å²) in [6.45, 7) is 6.26. The normalized spacial score (nSPS) is 36.2. The predicted molar refractivity (Wildman–Crippen MR) is 109 cm³/mol. The Labute approximate surface area is 154 Å². The molecule has 3 atom stereocenters. The van der Waals surface area contributed by atoms with E-state index in [-0.39, 0.29) is 0 Å². The first kappa shape index (κ1) is 20.5. The molecule has 1 saturated carbocycles. The van der Waals surface area contributed by atoms with Crippen molar-refractivity contribution in [2.75, 3.05) is 6.61 Å². The van der Waals surface area contributed by atoms with Crippen LogP contribution in [-0.2, 0) is 4.43 Å². The first-order valence-electron chi connectivity index (χ1n) is 11.3. The zero-order valence-electron chi connectivity index (χ0n) is 16.8. The Kier molecular flexibility index (Phi) is 10.0. The van der Waals surface area contributed by atoms with E-state index in [1.807, 2.05) is 0 Å².